The van der Waals surface area contributed by atoms with Crippen molar-refractivity contribution in [3.05, 3.63) is 104 Å². The Morgan fingerprint density at radius 1 is 0.903 bits per heavy atom. The van der Waals surface area contributed by atoms with Crippen molar-refractivity contribution >= 4 is 22.6 Å². The average molecular weight is 414 g/mol. The topological polar surface area (TPSA) is 86.0 Å². The van der Waals surface area contributed by atoms with Crippen molar-refractivity contribution in [3.63, 3.8) is 0 Å². The highest BCUT2D eigenvalue weighted by Crippen LogP contribution is 2.19. The summed E-state index contributed by atoms with van der Waals surface area (Å²) < 4.78 is 2.40. The molecule has 4 aromatic rings. The van der Waals surface area contributed by atoms with Crippen LogP contribution in [0.4, 0.5) is 5.69 Å². The lowest BCUT2D eigenvalue weighted by Gasteiger charge is -2.15. The van der Waals surface area contributed by atoms with Crippen LogP contribution in [0.25, 0.3) is 11.0 Å². The van der Waals surface area contributed by atoms with Crippen LogP contribution in [0.2, 0.25) is 0 Å². The van der Waals surface area contributed by atoms with Crippen LogP contribution in [-0.2, 0) is 17.9 Å². The minimum absolute atomic E-state index is 0.113. The largest absolute Gasteiger partial charge is 0.333 e. The van der Waals surface area contributed by atoms with Gasteiger partial charge in [0.2, 0.25) is 5.91 Å². The minimum Gasteiger partial charge on any atom is -0.324 e. The van der Waals surface area contributed by atoms with Crippen molar-refractivity contribution in [3.8, 4) is 0 Å². The summed E-state index contributed by atoms with van der Waals surface area (Å²) in [5.41, 5.74) is 2.58. The molecule has 1 N–H and O–H groups in total. The van der Waals surface area contributed by atoms with Crippen LogP contribution in [0.15, 0.2) is 76.4 Å². The Hall–Kier alpha value is -4.00. The number of carbonyl (C=O) groups excluding carboxylic acids is 1. The van der Waals surface area contributed by atoms with E-state index in [2.05, 4.69) is 10.3 Å². The summed E-state index contributed by atoms with van der Waals surface area (Å²) >= 11 is 0. The van der Waals surface area contributed by atoms with Gasteiger partial charge in [0.05, 0.1) is 11.9 Å². The SMILES string of the molecule is Cc1cccc(C)c1NC(=O)Cn1c(=O)n(Cc2ccccc2)c(=O)c2cccnc21. The molecule has 4 rings (SSSR count). The molecule has 7 nitrogen and oxygen atoms in total. The number of rotatable bonds is 5. The van der Waals surface area contributed by atoms with Gasteiger partial charge < -0.3 is 5.32 Å². The van der Waals surface area contributed by atoms with E-state index in [0.29, 0.717) is 0 Å². The van der Waals surface area contributed by atoms with Crippen molar-refractivity contribution in [2.24, 2.45) is 0 Å². The van der Waals surface area contributed by atoms with Gasteiger partial charge in [0.1, 0.15) is 12.2 Å². The molecule has 0 radical (unpaired) electrons. The van der Waals surface area contributed by atoms with Crippen molar-refractivity contribution in [1.29, 1.82) is 0 Å². The third kappa shape index (κ3) is 4.02. The van der Waals surface area contributed by atoms with E-state index in [4.69, 9.17) is 0 Å². The van der Waals surface area contributed by atoms with Gasteiger partial charge in [0.25, 0.3) is 5.56 Å². The van der Waals surface area contributed by atoms with E-state index in [1.807, 2.05) is 62.4 Å². The molecule has 0 saturated heterocycles. The molecule has 0 atom stereocenters. The van der Waals surface area contributed by atoms with Crippen LogP contribution in [-0.4, -0.2) is 20.0 Å². The molecule has 0 bridgehead atoms. The average Bonchev–Trinajstić information content (AvgIpc) is 2.77. The van der Waals surface area contributed by atoms with E-state index in [1.165, 1.54) is 10.8 Å². The van der Waals surface area contributed by atoms with Crippen molar-refractivity contribution < 1.29 is 4.79 Å². The van der Waals surface area contributed by atoms with E-state index < -0.39 is 11.2 Å². The molecule has 0 aliphatic carbocycles. The van der Waals surface area contributed by atoms with Gasteiger partial charge in [-0.15, -0.1) is 0 Å². The third-order valence-corrected chi connectivity index (χ3v) is 5.21. The van der Waals surface area contributed by atoms with E-state index >= 15 is 0 Å². The fourth-order valence-corrected chi connectivity index (χ4v) is 3.63. The number of fused-ring (bicyclic) bond motifs is 1. The maximum atomic E-state index is 13.2. The number of pyridine rings is 1. The molecule has 7 heteroatoms. The van der Waals surface area contributed by atoms with E-state index in [9.17, 15) is 14.4 Å². The molecule has 0 unspecified atom stereocenters. The van der Waals surface area contributed by atoms with Crippen LogP contribution in [0, 0.1) is 13.8 Å². The molecule has 156 valence electrons. The number of hydrogen-bond donors (Lipinski definition) is 1. The number of amides is 1. The second-order valence-electron chi connectivity index (χ2n) is 7.44. The number of benzene rings is 2. The fourth-order valence-electron chi connectivity index (χ4n) is 3.63. The first-order chi connectivity index (χ1) is 15.0. The lowest BCUT2D eigenvalue weighted by molar-refractivity contribution is -0.116. The maximum Gasteiger partial charge on any atom is 0.333 e. The van der Waals surface area contributed by atoms with Crippen LogP contribution in [0.5, 0.6) is 0 Å². The number of anilines is 1. The van der Waals surface area contributed by atoms with Gasteiger partial charge in [-0.25, -0.2) is 9.78 Å². The normalized spacial score (nSPS) is 10.9. The summed E-state index contributed by atoms with van der Waals surface area (Å²) in [5, 5.41) is 3.18. The predicted molar refractivity (Wildman–Crippen MR) is 120 cm³/mol. The van der Waals surface area contributed by atoms with E-state index in [-0.39, 0.29) is 30.0 Å². The molecule has 0 fully saturated rings. The van der Waals surface area contributed by atoms with Gasteiger partial charge in [0.15, 0.2) is 0 Å². The standard InChI is InChI=1S/C24H22N4O3/c1-16-8-6-9-17(2)21(16)26-20(29)15-27-22-19(12-7-13-25-22)23(30)28(24(27)31)14-18-10-4-3-5-11-18/h3-13H,14-15H2,1-2H3,(H,26,29). The van der Waals surface area contributed by atoms with Crippen molar-refractivity contribution in [2.45, 2.75) is 26.9 Å². The van der Waals surface area contributed by atoms with Gasteiger partial charge in [-0.05, 0) is 42.7 Å². The molecule has 31 heavy (non-hydrogen) atoms. The molecule has 0 spiro atoms. The summed E-state index contributed by atoms with van der Waals surface area (Å²) in [6, 6.07) is 18.2. The Labute approximate surface area is 178 Å². The van der Waals surface area contributed by atoms with Crippen LogP contribution >= 0.6 is 0 Å². The monoisotopic (exact) mass is 414 g/mol. The van der Waals surface area contributed by atoms with Gasteiger partial charge >= 0.3 is 5.69 Å². The number of hydrogen-bond acceptors (Lipinski definition) is 4. The Morgan fingerprint density at radius 3 is 2.32 bits per heavy atom. The Balaban J connectivity index is 1.77. The quantitative estimate of drug-likeness (QED) is 0.544. The first-order valence-electron chi connectivity index (χ1n) is 9.94. The molecule has 0 saturated carbocycles. The molecule has 0 aliphatic rings. The zero-order valence-electron chi connectivity index (χ0n) is 17.3. The van der Waals surface area contributed by atoms with Crippen LogP contribution < -0.4 is 16.6 Å². The number of nitrogens with one attached hydrogen (secondary N) is 1. The number of carbonyl (C=O) groups is 1. The van der Waals surface area contributed by atoms with Gasteiger partial charge in [-0.1, -0.05) is 48.5 Å². The Morgan fingerprint density at radius 2 is 1.61 bits per heavy atom. The minimum atomic E-state index is -0.572. The van der Waals surface area contributed by atoms with Crippen molar-refractivity contribution in [1.82, 2.24) is 14.1 Å². The number of aromatic nitrogens is 3. The van der Waals surface area contributed by atoms with Gasteiger partial charge in [-0.3, -0.25) is 18.7 Å². The van der Waals surface area contributed by atoms with Crippen LogP contribution in [0.1, 0.15) is 16.7 Å². The summed E-state index contributed by atoms with van der Waals surface area (Å²) in [6.07, 6.45) is 1.50. The van der Waals surface area contributed by atoms with Gasteiger partial charge in [0, 0.05) is 11.9 Å². The smallest absolute Gasteiger partial charge is 0.324 e. The molecule has 2 aromatic carbocycles. The first kappa shape index (κ1) is 20.3. The zero-order valence-corrected chi connectivity index (χ0v) is 17.3. The summed E-state index contributed by atoms with van der Waals surface area (Å²) in [4.78, 5) is 43.3. The van der Waals surface area contributed by atoms with E-state index in [1.54, 1.807) is 12.1 Å². The summed E-state index contributed by atoms with van der Waals surface area (Å²) in [6.45, 7) is 3.68. The molecular formula is C24H22N4O3. The van der Waals surface area contributed by atoms with E-state index in [0.717, 1.165) is 26.9 Å². The zero-order chi connectivity index (χ0) is 22.0. The lowest BCUT2D eigenvalue weighted by Crippen LogP contribution is -2.42. The highest BCUT2D eigenvalue weighted by Gasteiger charge is 2.17. The highest BCUT2D eigenvalue weighted by molar-refractivity contribution is 5.92. The lowest BCUT2D eigenvalue weighted by atomic mass is 10.1. The second kappa shape index (κ2) is 8.39. The molecule has 0 aliphatic heterocycles. The molecule has 1 amide bonds. The highest BCUT2D eigenvalue weighted by atomic mass is 16.2. The second-order valence-corrected chi connectivity index (χ2v) is 7.44. The van der Waals surface area contributed by atoms with Crippen molar-refractivity contribution in [2.75, 3.05) is 5.32 Å². The maximum absolute atomic E-state index is 13.2. The molecular weight excluding hydrogens is 392 g/mol. The third-order valence-electron chi connectivity index (χ3n) is 5.21. The molecule has 2 aromatic heterocycles. The summed E-state index contributed by atoms with van der Waals surface area (Å²) in [7, 11) is 0. The number of aryl methyl sites for hydroxylation is 2. The predicted octanol–water partition coefficient (Wildman–Crippen LogP) is 2.86. The number of nitrogens with zero attached hydrogens (tertiary/aromatic N) is 3. The molecule has 2 heterocycles. The van der Waals surface area contributed by atoms with Gasteiger partial charge in [-0.2, -0.15) is 0 Å². The Kier molecular flexibility index (Phi) is 5.49. The fraction of sp³-hybridized carbons (Fsp3) is 0.167. The summed E-state index contributed by atoms with van der Waals surface area (Å²) in [5.74, 6) is -0.364. The number of para-hydroxylation sites is 1. The van der Waals surface area contributed by atoms with Crippen LogP contribution in [0.3, 0.4) is 0 Å². The Bertz CT molecular complexity index is 1370. The first-order valence-corrected chi connectivity index (χ1v) is 9.94.